The quantitative estimate of drug-likeness (QED) is 0.0651. The summed E-state index contributed by atoms with van der Waals surface area (Å²) in [5.41, 5.74) is 4.64. The Balaban J connectivity index is 1.88. The van der Waals surface area contributed by atoms with Gasteiger partial charge in [0.25, 0.3) is 5.91 Å². The van der Waals surface area contributed by atoms with Crippen LogP contribution in [0.5, 0.6) is 0 Å². The summed E-state index contributed by atoms with van der Waals surface area (Å²) in [6, 6.07) is -1.57. The molecule has 15 heteroatoms. The Morgan fingerprint density at radius 1 is 0.953 bits per heavy atom. The Kier molecular flexibility index (Phi) is 12.4. The first-order chi connectivity index (χ1) is 20.3. The highest BCUT2D eigenvalue weighted by Gasteiger charge is 2.55. The molecule has 8 N–H and O–H groups in total. The molecule has 3 aliphatic heterocycles. The second kappa shape index (κ2) is 15.5. The van der Waals surface area contributed by atoms with Gasteiger partial charge in [-0.3, -0.25) is 19.3 Å². The Morgan fingerprint density at radius 3 is 2.16 bits per heavy atom. The molecular formula is C28H35ClN2O12. The number of hydrogen-bond donors (Lipinski definition) is 7. The molecule has 3 rings (SSSR count). The molecule has 9 atom stereocenters. The SMILES string of the molecule is C/C(Cl)=C/C=C/C=C/C=C/C=C/C(O)=C1\C(=O)[C@H](CC(N)=O)N([C@@H]2OC[C@@H](O)[C@H](O)[C@H]2O[C@@H]2OC[C@@H](O)[C@@H](O)[C@@H]2O)C1=O. The van der Waals surface area contributed by atoms with E-state index >= 15 is 0 Å². The number of carbonyl (C=O) groups is 3. The van der Waals surface area contributed by atoms with Crippen molar-refractivity contribution in [1.29, 1.82) is 0 Å². The van der Waals surface area contributed by atoms with Crippen LogP contribution < -0.4 is 5.73 Å². The van der Waals surface area contributed by atoms with Gasteiger partial charge in [0.2, 0.25) is 5.91 Å². The Morgan fingerprint density at radius 2 is 1.53 bits per heavy atom. The first kappa shape index (κ1) is 34.3. The average molecular weight is 627 g/mol. The minimum atomic E-state index is -1.80. The molecule has 0 aromatic heterocycles. The monoisotopic (exact) mass is 626 g/mol. The number of ketones is 1. The molecule has 3 fully saturated rings. The van der Waals surface area contributed by atoms with Gasteiger partial charge in [-0.1, -0.05) is 54.1 Å². The molecule has 2 amide bonds. The van der Waals surface area contributed by atoms with Crippen LogP contribution in [0.15, 0.2) is 71.0 Å². The van der Waals surface area contributed by atoms with Crippen molar-refractivity contribution in [3.8, 4) is 0 Å². The Bertz CT molecular complexity index is 1220. The number of primary amides is 1. The van der Waals surface area contributed by atoms with Crippen LogP contribution in [-0.2, 0) is 28.6 Å². The molecule has 0 aliphatic carbocycles. The van der Waals surface area contributed by atoms with Crippen LogP contribution in [0.4, 0.5) is 0 Å². The third-order valence-corrected chi connectivity index (χ3v) is 6.83. The maximum Gasteiger partial charge on any atom is 0.264 e. The molecule has 0 spiro atoms. The van der Waals surface area contributed by atoms with Gasteiger partial charge in [0.05, 0.1) is 19.6 Å². The average Bonchev–Trinajstić information content (AvgIpc) is 3.18. The first-order valence-electron chi connectivity index (χ1n) is 13.2. The van der Waals surface area contributed by atoms with Gasteiger partial charge in [0.1, 0.15) is 54.0 Å². The smallest absolute Gasteiger partial charge is 0.264 e. The van der Waals surface area contributed by atoms with Crippen LogP contribution in [0.3, 0.4) is 0 Å². The number of allylic oxidation sites excluding steroid dienone is 10. The van der Waals surface area contributed by atoms with Gasteiger partial charge in [-0.25, -0.2) is 0 Å². The molecule has 236 valence electrons. The summed E-state index contributed by atoms with van der Waals surface area (Å²) < 4.78 is 16.4. The summed E-state index contributed by atoms with van der Waals surface area (Å²) in [4.78, 5) is 39.4. The van der Waals surface area contributed by atoms with E-state index in [1.807, 2.05) is 0 Å². The van der Waals surface area contributed by atoms with E-state index < -0.39 is 104 Å². The normalized spacial score (nSPS) is 35.7. The third kappa shape index (κ3) is 8.47. The molecule has 0 saturated carbocycles. The lowest BCUT2D eigenvalue weighted by atomic mass is 10.0. The van der Waals surface area contributed by atoms with Crippen LogP contribution in [-0.4, -0.2) is 122 Å². The number of hydrogen-bond acceptors (Lipinski definition) is 12. The zero-order valence-electron chi connectivity index (χ0n) is 23.0. The fraction of sp³-hybridized carbons (Fsp3) is 0.464. The van der Waals surface area contributed by atoms with Crippen LogP contribution >= 0.6 is 11.6 Å². The summed E-state index contributed by atoms with van der Waals surface area (Å²) in [5.74, 6) is -3.74. The molecule has 0 aromatic rings. The fourth-order valence-electron chi connectivity index (χ4n) is 4.54. The van der Waals surface area contributed by atoms with Crippen molar-refractivity contribution in [2.45, 2.75) is 68.5 Å². The van der Waals surface area contributed by atoms with Crippen LogP contribution in [0.2, 0.25) is 0 Å². The highest BCUT2D eigenvalue weighted by molar-refractivity contribution is 6.29. The lowest BCUT2D eigenvalue weighted by molar-refractivity contribution is -0.325. The summed E-state index contributed by atoms with van der Waals surface area (Å²) in [6.45, 7) is 0.752. The van der Waals surface area contributed by atoms with Crippen molar-refractivity contribution in [2.75, 3.05) is 13.2 Å². The van der Waals surface area contributed by atoms with Crippen LogP contribution in [0.25, 0.3) is 0 Å². The maximum absolute atomic E-state index is 13.5. The van der Waals surface area contributed by atoms with E-state index in [-0.39, 0.29) is 0 Å². The highest BCUT2D eigenvalue weighted by Crippen LogP contribution is 2.34. The predicted octanol–water partition coefficient (Wildman–Crippen LogP) is -1.28. The van der Waals surface area contributed by atoms with Gasteiger partial charge >= 0.3 is 0 Å². The fourth-order valence-corrected chi connectivity index (χ4v) is 4.61. The lowest BCUT2D eigenvalue weighted by Gasteiger charge is -2.45. The number of nitrogens with zero attached hydrogens (tertiary/aromatic N) is 1. The maximum atomic E-state index is 13.5. The third-order valence-electron chi connectivity index (χ3n) is 6.70. The standard InChI is InChI=1S/C28H35ClN2O12/c1-14(29)9-7-5-3-2-4-6-8-10-16(32)20-21(36)15(11-19(30)35)31(26(20)40)27-25(23(38)18(34)12-41-27)43-28-24(39)22(37)17(33)13-42-28/h2-10,15,17-18,22-25,27-28,32-34,37-39H,11-13H2,1H3,(H2,30,35)/b3-2+,6-4+,7-5+,10-8+,14-9-,20-16-/t15-,17+,18+,22+,23-,24-,25+,27+,28-/m0/s1. The van der Waals surface area contributed by atoms with Crippen molar-refractivity contribution >= 4 is 29.2 Å². The predicted molar refractivity (Wildman–Crippen MR) is 150 cm³/mol. The van der Waals surface area contributed by atoms with Crippen molar-refractivity contribution in [3.05, 3.63) is 71.0 Å². The second-order valence-electron chi connectivity index (χ2n) is 9.92. The lowest BCUT2D eigenvalue weighted by Crippen LogP contribution is -2.64. The molecule has 14 nitrogen and oxygen atoms in total. The van der Waals surface area contributed by atoms with Crippen LogP contribution in [0, 0.1) is 0 Å². The molecule has 0 unspecified atom stereocenters. The molecule has 3 aliphatic rings. The van der Waals surface area contributed by atoms with Gasteiger partial charge in [-0.2, -0.15) is 0 Å². The largest absolute Gasteiger partial charge is 0.507 e. The van der Waals surface area contributed by atoms with E-state index in [0.717, 1.165) is 11.0 Å². The number of nitrogens with two attached hydrogens (primary N) is 1. The van der Waals surface area contributed by atoms with E-state index in [9.17, 15) is 45.0 Å². The minimum absolute atomic E-state index is 0.454. The second-order valence-corrected chi connectivity index (χ2v) is 10.5. The molecule has 0 bridgehead atoms. The summed E-state index contributed by atoms with van der Waals surface area (Å²) in [6.07, 6.45) is 0.215. The molecular weight excluding hydrogens is 592 g/mol. The Hall–Kier alpha value is -3.18. The van der Waals surface area contributed by atoms with Crippen LogP contribution in [0.1, 0.15) is 13.3 Å². The zero-order chi connectivity index (χ0) is 31.8. The Labute approximate surface area is 251 Å². The molecule has 43 heavy (non-hydrogen) atoms. The molecule has 3 saturated heterocycles. The summed E-state index contributed by atoms with van der Waals surface area (Å²) in [5, 5.41) is 62.3. The zero-order valence-corrected chi connectivity index (χ0v) is 23.8. The van der Waals surface area contributed by atoms with Gasteiger partial charge in [-0.05, 0) is 19.1 Å². The van der Waals surface area contributed by atoms with Gasteiger partial charge in [0.15, 0.2) is 18.3 Å². The number of halogens is 1. The van der Waals surface area contributed by atoms with Gasteiger partial charge < -0.3 is 50.6 Å². The number of carbonyl (C=O) groups excluding carboxylic acids is 3. The van der Waals surface area contributed by atoms with E-state index in [2.05, 4.69) is 0 Å². The van der Waals surface area contributed by atoms with Gasteiger partial charge in [0, 0.05) is 5.03 Å². The molecule has 0 radical (unpaired) electrons. The van der Waals surface area contributed by atoms with E-state index in [4.69, 9.17) is 31.5 Å². The van der Waals surface area contributed by atoms with E-state index in [0.29, 0.717) is 5.03 Å². The summed E-state index contributed by atoms with van der Waals surface area (Å²) >= 11 is 5.72. The van der Waals surface area contributed by atoms with Crippen molar-refractivity contribution < 1.29 is 59.2 Å². The summed E-state index contributed by atoms with van der Waals surface area (Å²) in [7, 11) is 0. The van der Waals surface area contributed by atoms with E-state index in [1.54, 1.807) is 43.4 Å². The van der Waals surface area contributed by atoms with Crippen molar-refractivity contribution in [2.24, 2.45) is 5.73 Å². The number of rotatable bonds is 10. The number of amides is 2. The minimum Gasteiger partial charge on any atom is -0.507 e. The van der Waals surface area contributed by atoms with Crippen molar-refractivity contribution in [1.82, 2.24) is 4.90 Å². The molecule has 3 heterocycles. The number of aliphatic hydroxyl groups is 6. The number of likely N-dealkylation sites (tertiary alicyclic amines) is 1. The molecule has 0 aromatic carbocycles. The highest BCUT2D eigenvalue weighted by atomic mass is 35.5. The number of ether oxygens (including phenoxy) is 3. The van der Waals surface area contributed by atoms with Gasteiger partial charge in [-0.15, -0.1) is 0 Å². The topological polar surface area (TPSA) is 230 Å². The number of Topliss-reactive ketones (excluding diaryl/α,β-unsaturated/α-hetero) is 1. The van der Waals surface area contributed by atoms with Crippen molar-refractivity contribution in [3.63, 3.8) is 0 Å². The first-order valence-corrected chi connectivity index (χ1v) is 13.6. The van der Waals surface area contributed by atoms with E-state index in [1.165, 1.54) is 12.2 Å². The number of aliphatic hydroxyl groups excluding tert-OH is 6.